The average molecular weight is 331 g/mol. The number of anilines is 2. The molecule has 0 atom stereocenters. The molecule has 6 nitrogen and oxygen atoms in total. The number of fused-ring (bicyclic) bond motifs is 1. The number of imide groups is 1. The maximum absolute atomic E-state index is 12.6. The number of rotatable bonds is 4. The normalized spacial score (nSPS) is 15.8. The monoisotopic (exact) mass is 331 g/mol. The van der Waals surface area contributed by atoms with Gasteiger partial charge >= 0.3 is 0 Å². The molecule has 6 heteroatoms. The smallest absolute Gasteiger partial charge is 0.253 e. The Labute approximate surface area is 142 Å². The van der Waals surface area contributed by atoms with Gasteiger partial charge in [-0.05, 0) is 38.6 Å². The molecule has 0 bridgehead atoms. The molecule has 1 heterocycles. The molecule has 1 aliphatic heterocycles. The van der Waals surface area contributed by atoms with Crippen LogP contribution < -0.4 is 15.1 Å². The van der Waals surface area contributed by atoms with Crippen molar-refractivity contribution < 1.29 is 14.4 Å². The molecule has 0 unspecified atom stereocenters. The van der Waals surface area contributed by atoms with Crippen LogP contribution in [-0.2, 0) is 19.8 Å². The van der Waals surface area contributed by atoms with Crippen molar-refractivity contribution in [3.8, 4) is 0 Å². The van der Waals surface area contributed by atoms with Gasteiger partial charge in [0.25, 0.3) is 5.91 Å². The molecule has 24 heavy (non-hydrogen) atoms. The zero-order valence-corrected chi connectivity index (χ0v) is 15.1. The summed E-state index contributed by atoms with van der Waals surface area (Å²) in [6, 6.07) is 5.38. The lowest BCUT2D eigenvalue weighted by atomic mass is 9.87. The number of carbonyl (C=O) groups is 3. The quantitative estimate of drug-likeness (QED) is 0.855. The summed E-state index contributed by atoms with van der Waals surface area (Å²) in [6.07, 6.45) is 0.515. The summed E-state index contributed by atoms with van der Waals surface area (Å²) in [5.41, 5.74) is 1.21. The van der Waals surface area contributed by atoms with E-state index < -0.39 is 5.54 Å². The van der Waals surface area contributed by atoms with Crippen LogP contribution in [0.4, 0.5) is 11.4 Å². The van der Waals surface area contributed by atoms with Crippen LogP contribution >= 0.6 is 0 Å². The van der Waals surface area contributed by atoms with Gasteiger partial charge in [0.15, 0.2) is 0 Å². The number of nitrogens with zero attached hydrogens (tertiary/aromatic N) is 2. The van der Waals surface area contributed by atoms with Crippen molar-refractivity contribution in [2.45, 2.75) is 45.6 Å². The molecule has 0 aliphatic carbocycles. The number of hydrogen-bond acceptors (Lipinski definition) is 4. The van der Waals surface area contributed by atoms with Crippen LogP contribution in [0.5, 0.6) is 0 Å². The molecule has 0 radical (unpaired) electrons. The van der Waals surface area contributed by atoms with Crippen molar-refractivity contribution in [2.75, 3.05) is 23.4 Å². The molecule has 1 aromatic rings. The van der Waals surface area contributed by atoms with Gasteiger partial charge in [-0.3, -0.25) is 19.3 Å². The summed E-state index contributed by atoms with van der Waals surface area (Å²) in [5, 5.41) is 2.90. The van der Waals surface area contributed by atoms with E-state index in [1.807, 2.05) is 6.07 Å². The van der Waals surface area contributed by atoms with E-state index in [1.54, 1.807) is 37.9 Å². The minimum atomic E-state index is -0.876. The molecule has 1 N–H and O–H groups in total. The largest absolute Gasteiger partial charge is 0.311 e. The Morgan fingerprint density at radius 1 is 1.33 bits per heavy atom. The van der Waals surface area contributed by atoms with Gasteiger partial charge in [-0.2, -0.15) is 0 Å². The number of benzene rings is 1. The Balaban J connectivity index is 2.50. The second kappa shape index (κ2) is 6.02. The Kier molecular flexibility index (Phi) is 4.55. The molecule has 0 aromatic heterocycles. The van der Waals surface area contributed by atoms with Gasteiger partial charge in [-0.1, -0.05) is 19.9 Å². The van der Waals surface area contributed by atoms with Gasteiger partial charge in [-0.25, -0.2) is 0 Å². The van der Waals surface area contributed by atoms with E-state index in [0.29, 0.717) is 18.6 Å². The third-order valence-corrected chi connectivity index (χ3v) is 4.70. The Bertz CT molecular complexity index is 695. The molecule has 1 aromatic carbocycles. The zero-order chi connectivity index (χ0) is 18.3. The summed E-state index contributed by atoms with van der Waals surface area (Å²) in [6.45, 7) is 9.67. The molecular formula is C18H25N3O3. The highest BCUT2D eigenvalue weighted by atomic mass is 16.2. The SMILES string of the molecule is CNC(C)(C)C(=O)N(C=O)c1ccc2c(c1)N(C(C)=O)CC2(C)C. The second-order valence-corrected chi connectivity index (χ2v) is 7.35. The van der Waals surface area contributed by atoms with E-state index in [0.717, 1.165) is 16.2 Å². The van der Waals surface area contributed by atoms with Crippen LogP contribution in [0.25, 0.3) is 0 Å². The lowest BCUT2D eigenvalue weighted by Gasteiger charge is -2.28. The van der Waals surface area contributed by atoms with Gasteiger partial charge in [0, 0.05) is 24.6 Å². The molecule has 130 valence electrons. The lowest BCUT2D eigenvalue weighted by Crippen LogP contribution is -2.52. The van der Waals surface area contributed by atoms with Crippen molar-refractivity contribution in [1.29, 1.82) is 0 Å². The van der Waals surface area contributed by atoms with E-state index >= 15 is 0 Å². The molecule has 0 fully saturated rings. The van der Waals surface area contributed by atoms with Gasteiger partial charge < -0.3 is 10.2 Å². The molecule has 1 aliphatic rings. The Hall–Kier alpha value is -2.21. The lowest BCUT2D eigenvalue weighted by molar-refractivity contribution is -0.126. The fourth-order valence-corrected chi connectivity index (χ4v) is 2.95. The number of nitrogens with one attached hydrogen (secondary N) is 1. The number of carbonyl (C=O) groups excluding carboxylic acids is 3. The molecular weight excluding hydrogens is 306 g/mol. The summed E-state index contributed by atoms with van der Waals surface area (Å²) in [4.78, 5) is 38.9. The highest BCUT2D eigenvalue weighted by molar-refractivity contribution is 6.11. The molecule has 2 rings (SSSR count). The Morgan fingerprint density at radius 3 is 2.46 bits per heavy atom. The minimum Gasteiger partial charge on any atom is -0.311 e. The van der Waals surface area contributed by atoms with E-state index in [2.05, 4.69) is 19.2 Å². The summed E-state index contributed by atoms with van der Waals surface area (Å²) in [5.74, 6) is -0.412. The fourth-order valence-electron chi connectivity index (χ4n) is 2.95. The van der Waals surface area contributed by atoms with Crippen LogP contribution in [0.3, 0.4) is 0 Å². The van der Waals surface area contributed by atoms with E-state index in [9.17, 15) is 14.4 Å². The first-order chi connectivity index (χ1) is 11.0. The number of likely N-dealkylation sites (N-methyl/N-ethyl adjacent to an activating group) is 1. The van der Waals surface area contributed by atoms with Gasteiger partial charge in [0.2, 0.25) is 12.3 Å². The minimum absolute atomic E-state index is 0.0569. The Morgan fingerprint density at radius 2 is 1.96 bits per heavy atom. The maximum atomic E-state index is 12.6. The molecule has 0 saturated heterocycles. The fraction of sp³-hybridized carbons (Fsp3) is 0.500. The topological polar surface area (TPSA) is 69.7 Å². The summed E-state index contributed by atoms with van der Waals surface area (Å²) >= 11 is 0. The first-order valence-corrected chi connectivity index (χ1v) is 7.95. The van der Waals surface area contributed by atoms with Crippen molar-refractivity contribution in [3.63, 3.8) is 0 Å². The molecule has 0 spiro atoms. The maximum Gasteiger partial charge on any atom is 0.253 e. The zero-order valence-electron chi connectivity index (χ0n) is 15.1. The second-order valence-electron chi connectivity index (χ2n) is 7.35. The first kappa shape index (κ1) is 18.1. The van der Waals surface area contributed by atoms with Crippen LogP contribution in [0.1, 0.15) is 40.2 Å². The summed E-state index contributed by atoms with van der Waals surface area (Å²) in [7, 11) is 1.67. The predicted octanol–water partition coefficient (Wildman–Crippen LogP) is 1.82. The van der Waals surface area contributed by atoms with Crippen molar-refractivity contribution in [1.82, 2.24) is 5.32 Å². The predicted molar refractivity (Wildman–Crippen MR) is 94.2 cm³/mol. The van der Waals surface area contributed by atoms with E-state index in [1.165, 1.54) is 6.92 Å². The van der Waals surface area contributed by atoms with Crippen molar-refractivity contribution >= 4 is 29.6 Å². The van der Waals surface area contributed by atoms with Crippen LogP contribution in [0.2, 0.25) is 0 Å². The third kappa shape index (κ3) is 2.94. The van der Waals surface area contributed by atoms with Gasteiger partial charge in [-0.15, -0.1) is 0 Å². The number of amides is 3. The summed E-state index contributed by atoms with van der Waals surface area (Å²) < 4.78 is 0. The van der Waals surface area contributed by atoms with E-state index in [-0.39, 0.29) is 17.2 Å². The molecule has 0 saturated carbocycles. The van der Waals surface area contributed by atoms with E-state index in [4.69, 9.17) is 0 Å². The van der Waals surface area contributed by atoms with Crippen molar-refractivity contribution in [3.05, 3.63) is 23.8 Å². The van der Waals surface area contributed by atoms with Crippen LogP contribution in [-0.4, -0.2) is 37.4 Å². The van der Waals surface area contributed by atoms with Crippen LogP contribution in [0, 0.1) is 0 Å². The first-order valence-electron chi connectivity index (χ1n) is 7.95. The van der Waals surface area contributed by atoms with Gasteiger partial charge in [0.1, 0.15) is 0 Å². The highest BCUT2D eigenvalue weighted by Gasteiger charge is 2.38. The van der Waals surface area contributed by atoms with Crippen molar-refractivity contribution in [2.24, 2.45) is 0 Å². The molecule has 3 amide bonds. The highest BCUT2D eigenvalue weighted by Crippen LogP contribution is 2.42. The van der Waals surface area contributed by atoms with Gasteiger partial charge in [0.05, 0.1) is 11.2 Å². The van der Waals surface area contributed by atoms with Crippen LogP contribution in [0.15, 0.2) is 18.2 Å². The number of hydrogen-bond donors (Lipinski definition) is 1. The third-order valence-electron chi connectivity index (χ3n) is 4.70. The standard InChI is InChI=1S/C18H25N3O3/c1-12(23)20-10-17(2,3)14-8-7-13(9-15(14)20)21(11-22)16(24)18(4,5)19-6/h7-9,11,19H,10H2,1-6H3. The average Bonchev–Trinajstić information content (AvgIpc) is 2.79.